The van der Waals surface area contributed by atoms with E-state index in [0.29, 0.717) is 0 Å². The van der Waals surface area contributed by atoms with Gasteiger partial charge in [-0.3, -0.25) is 0 Å². The van der Waals surface area contributed by atoms with Crippen LogP contribution in [0.25, 0.3) is 0 Å². The number of hydrogen-bond acceptors (Lipinski definition) is 4. The summed E-state index contributed by atoms with van der Waals surface area (Å²) in [4.78, 5) is 9.39. The van der Waals surface area contributed by atoms with Gasteiger partial charge in [0.25, 0.3) is 0 Å². The molecule has 0 spiro atoms. The van der Waals surface area contributed by atoms with Gasteiger partial charge < -0.3 is 15.5 Å². The van der Waals surface area contributed by atoms with Crippen molar-refractivity contribution in [2.75, 3.05) is 37.3 Å². The number of likely N-dealkylation sites (tertiary alicyclic amines) is 1. The molecule has 0 aromatic carbocycles. The first-order valence-electron chi connectivity index (χ1n) is 6.91. The summed E-state index contributed by atoms with van der Waals surface area (Å²) in [5, 5.41) is 0. The minimum Gasteiger partial charge on any atom is -0.399 e. The van der Waals surface area contributed by atoms with E-state index in [1.807, 2.05) is 18.3 Å². The highest BCUT2D eigenvalue weighted by Gasteiger charge is 2.34. The van der Waals surface area contributed by atoms with E-state index in [1.54, 1.807) is 0 Å². The first-order chi connectivity index (χ1) is 8.74. The van der Waals surface area contributed by atoms with Crippen molar-refractivity contribution < 1.29 is 0 Å². The molecular formula is C14H22N4. The molecule has 2 unspecified atom stereocenters. The summed E-state index contributed by atoms with van der Waals surface area (Å²) in [5.41, 5.74) is 6.65. The van der Waals surface area contributed by atoms with E-state index >= 15 is 0 Å². The first-order valence-corrected chi connectivity index (χ1v) is 6.91. The lowest BCUT2D eigenvalue weighted by Gasteiger charge is -2.46. The zero-order chi connectivity index (χ0) is 12.5. The third-order valence-corrected chi connectivity index (χ3v) is 4.44. The first kappa shape index (κ1) is 11.8. The van der Waals surface area contributed by atoms with E-state index in [4.69, 9.17) is 5.73 Å². The van der Waals surface area contributed by atoms with Crippen LogP contribution in [0.15, 0.2) is 18.3 Å². The van der Waals surface area contributed by atoms with E-state index in [-0.39, 0.29) is 0 Å². The summed E-state index contributed by atoms with van der Waals surface area (Å²) in [6.07, 6.45) is 5.74. The number of piperidine rings is 2. The van der Waals surface area contributed by atoms with Gasteiger partial charge in [-0.15, -0.1) is 0 Å². The number of nitrogens with zero attached hydrogens (tertiary/aromatic N) is 3. The third kappa shape index (κ3) is 2.17. The van der Waals surface area contributed by atoms with Gasteiger partial charge in [0.15, 0.2) is 0 Å². The molecule has 2 fully saturated rings. The largest absolute Gasteiger partial charge is 0.399 e. The van der Waals surface area contributed by atoms with Crippen LogP contribution in [0.1, 0.15) is 19.3 Å². The van der Waals surface area contributed by atoms with Crippen molar-refractivity contribution in [1.29, 1.82) is 0 Å². The molecular weight excluding hydrogens is 224 g/mol. The Morgan fingerprint density at radius 2 is 2.22 bits per heavy atom. The van der Waals surface area contributed by atoms with Crippen molar-refractivity contribution >= 4 is 11.5 Å². The van der Waals surface area contributed by atoms with Gasteiger partial charge in [-0.2, -0.15) is 0 Å². The number of hydrogen-bond donors (Lipinski definition) is 1. The predicted molar refractivity (Wildman–Crippen MR) is 74.6 cm³/mol. The number of fused-ring (bicyclic) bond motifs is 1. The molecule has 0 saturated carbocycles. The van der Waals surface area contributed by atoms with Crippen LogP contribution in [0.3, 0.4) is 0 Å². The number of rotatable bonds is 1. The Balaban J connectivity index is 1.74. The van der Waals surface area contributed by atoms with Crippen LogP contribution >= 0.6 is 0 Å². The lowest BCUT2D eigenvalue weighted by molar-refractivity contribution is 0.102. The van der Waals surface area contributed by atoms with Gasteiger partial charge in [0.05, 0.1) is 0 Å². The molecule has 2 saturated heterocycles. The van der Waals surface area contributed by atoms with Crippen LogP contribution in [0.5, 0.6) is 0 Å². The average molecular weight is 246 g/mol. The minimum atomic E-state index is 0.774. The summed E-state index contributed by atoms with van der Waals surface area (Å²) >= 11 is 0. The number of nitrogens with two attached hydrogens (primary N) is 1. The van der Waals surface area contributed by atoms with Crippen LogP contribution in [0.2, 0.25) is 0 Å². The van der Waals surface area contributed by atoms with Gasteiger partial charge in [-0.05, 0) is 44.8 Å². The van der Waals surface area contributed by atoms with Crippen molar-refractivity contribution in [1.82, 2.24) is 9.88 Å². The minimum absolute atomic E-state index is 0.774. The maximum absolute atomic E-state index is 5.84. The molecule has 18 heavy (non-hydrogen) atoms. The standard InChI is InChI=1S/C14H22N4/c1-17-7-2-3-11-10-18(8-5-13(11)17)14-9-12(15)4-6-16-14/h4,6,9,11,13H,2-3,5,7-8,10H2,1H3,(H2,15,16). The Morgan fingerprint density at radius 3 is 3.06 bits per heavy atom. The number of pyridine rings is 1. The van der Waals surface area contributed by atoms with E-state index in [0.717, 1.165) is 36.6 Å². The van der Waals surface area contributed by atoms with Gasteiger partial charge in [0, 0.05) is 37.1 Å². The van der Waals surface area contributed by atoms with Gasteiger partial charge >= 0.3 is 0 Å². The Hall–Kier alpha value is -1.29. The highest BCUT2D eigenvalue weighted by atomic mass is 15.2. The molecule has 2 aliphatic heterocycles. The lowest BCUT2D eigenvalue weighted by atomic mass is 9.84. The number of anilines is 2. The molecule has 2 N–H and O–H groups in total. The number of nitrogen functional groups attached to an aromatic ring is 1. The smallest absolute Gasteiger partial charge is 0.130 e. The van der Waals surface area contributed by atoms with Gasteiger partial charge in [0.1, 0.15) is 5.82 Å². The van der Waals surface area contributed by atoms with Gasteiger partial charge in [0.2, 0.25) is 0 Å². The second-order valence-corrected chi connectivity index (χ2v) is 5.63. The molecule has 4 heteroatoms. The second-order valence-electron chi connectivity index (χ2n) is 5.63. The van der Waals surface area contributed by atoms with Crippen molar-refractivity contribution in [2.24, 2.45) is 5.92 Å². The Kier molecular flexibility index (Phi) is 3.12. The molecule has 1 aromatic rings. The van der Waals surface area contributed by atoms with Crippen molar-refractivity contribution in [2.45, 2.75) is 25.3 Å². The van der Waals surface area contributed by atoms with Crippen molar-refractivity contribution in [3.63, 3.8) is 0 Å². The van der Waals surface area contributed by atoms with Crippen LogP contribution < -0.4 is 10.6 Å². The molecule has 0 bridgehead atoms. The average Bonchev–Trinajstić information content (AvgIpc) is 2.39. The van der Waals surface area contributed by atoms with Crippen LogP contribution in [-0.4, -0.2) is 42.6 Å². The molecule has 0 radical (unpaired) electrons. The zero-order valence-corrected chi connectivity index (χ0v) is 11.0. The molecule has 4 nitrogen and oxygen atoms in total. The van der Waals surface area contributed by atoms with Crippen molar-refractivity contribution in [3.05, 3.63) is 18.3 Å². The topological polar surface area (TPSA) is 45.4 Å². The lowest BCUT2D eigenvalue weighted by Crippen LogP contribution is -2.52. The molecule has 1 aromatic heterocycles. The van der Waals surface area contributed by atoms with Gasteiger partial charge in [-0.1, -0.05) is 0 Å². The fraction of sp³-hybridized carbons (Fsp3) is 0.643. The summed E-state index contributed by atoms with van der Waals surface area (Å²) in [6, 6.07) is 4.62. The summed E-state index contributed by atoms with van der Waals surface area (Å²) in [5.74, 6) is 1.84. The number of aromatic nitrogens is 1. The van der Waals surface area contributed by atoms with Gasteiger partial charge in [-0.25, -0.2) is 4.98 Å². The van der Waals surface area contributed by atoms with Crippen LogP contribution in [-0.2, 0) is 0 Å². The normalized spacial score (nSPS) is 29.1. The van der Waals surface area contributed by atoms with Crippen molar-refractivity contribution in [3.8, 4) is 0 Å². The molecule has 2 aliphatic rings. The molecule has 0 amide bonds. The predicted octanol–water partition coefficient (Wildman–Crippen LogP) is 1.58. The SMILES string of the molecule is CN1CCCC2CN(c3cc(N)ccn3)CCC21. The Labute approximate surface area is 109 Å². The fourth-order valence-electron chi connectivity index (χ4n) is 3.47. The van der Waals surface area contributed by atoms with E-state index < -0.39 is 0 Å². The third-order valence-electron chi connectivity index (χ3n) is 4.44. The molecule has 3 rings (SSSR count). The quantitative estimate of drug-likeness (QED) is 0.817. The van der Waals surface area contributed by atoms with Crippen LogP contribution in [0, 0.1) is 5.92 Å². The summed E-state index contributed by atoms with van der Waals surface area (Å²) < 4.78 is 0. The fourth-order valence-corrected chi connectivity index (χ4v) is 3.47. The van der Waals surface area contributed by atoms with Crippen LogP contribution in [0.4, 0.5) is 11.5 Å². The highest BCUT2D eigenvalue weighted by molar-refractivity contribution is 5.50. The summed E-state index contributed by atoms with van der Waals surface area (Å²) in [7, 11) is 2.27. The highest BCUT2D eigenvalue weighted by Crippen LogP contribution is 2.31. The monoisotopic (exact) mass is 246 g/mol. The maximum atomic E-state index is 5.84. The van der Waals surface area contributed by atoms with E-state index in [2.05, 4.69) is 21.8 Å². The Morgan fingerprint density at radius 1 is 1.33 bits per heavy atom. The molecule has 0 aliphatic carbocycles. The van der Waals surface area contributed by atoms with E-state index in [1.165, 1.54) is 25.8 Å². The molecule has 2 atom stereocenters. The summed E-state index contributed by atoms with van der Waals surface area (Å²) in [6.45, 7) is 3.49. The zero-order valence-electron chi connectivity index (χ0n) is 11.0. The Bertz CT molecular complexity index is 420. The second kappa shape index (κ2) is 4.76. The van der Waals surface area contributed by atoms with E-state index in [9.17, 15) is 0 Å². The maximum Gasteiger partial charge on any atom is 0.130 e. The molecule has 3 heterocycles. The molecule has 98 valence electrons.